The molecule has 1 aliphatic heterocycles. The van der Waals surface area contributed by atoms with Crippen molar-refractivity contribution in [1.29, 1.82) is 5.26 Å². The molecule has 3 aliphatic carbocycles. The Morgan fingerprint density at radius 1 is 1.17 bits per heavy atom. The van der Waals surface area contributed by atoms with Crippen molar-refractivity contribution < 1.29 is 4.79 Å². The number of hydrogen-bond donors (Lipinski definition) is 0. The van der Waals surface area contributed by atoms with E-state index in [2.05, 4.69) is 6.07 Å². The van der Waals surface area contributed by atoms with E-state index < -0.39 is 0 Å². The maximum absolute atomic E-state index is 12.6. The van der Waals surface area contributed by atoms with Gasteiger partial charge in [-0.2, -0.15) is 5.26 Å². The zero-order chi connectivity index (χ0) is 12.3. The lowest BCUT2D eigenvalue weighted by molar-refractivity contribution is -0.135. The van der Waals surface area contributed by atoms with Crippen LogP contribution in [-0.4, -0.2) is 23.9 Å². The summed E-state index contributed by atoms with van der Waals surface area (Å²) in [5.74, 6) is 4.03. The Hall–Kier alpha value is -1.04. The molecule has 2 bridgehead atoms. The molecule has 0 N–H and O–H groups in total. The van der Waals surface area contributed by atoms with E-state index in [1.807, 2.05) is 4.90 Å². The zero-order valence-electron chi connectivity index (χ0n) is 10.7. The van der Waals surface area contributed by atoms with E-state index >= 15 is 0 Å². The van der Waals surface area contributed by atoms with Crippen LogP contribution < -0.4 is 0 Å². The number of carbonyl (C=O) groups excluding carboxylic acids is 1. The average Bonchev–Trinajstić information content (AvgIpc) is 2.85. The largest absolute Gasteiger partial charge is 0.341 e. The number of nitrogens with zero attached hydrogens (tertiary/aromatic N) is 2. The summed E-state index contributed by atoms with van der Waals surface area (Å²) in [6.07, 6.45) is 6.13. The van der Waals surface area contributed by atoms with Crippen LogP contribution in [-0.2, 0) is 4.79 Å². The lowest BCUT2D eigenvalue weighted by Gasteiger charge is -2.30. The molecule has 0 spiro atoms. The first-order valence-corrected chi connectivity index (χ1v) is 7.48. The molecule has 3 heteroatoms. The number of hydrogen-bond acceptors (Lipinski definition) is 2. The fourth-order valence-electron chi connectivity index (χ4n) is 5.15. The highest BCUT2D eigenvalue weighted by atomic mass is 16.2. The first-order chi connectivity index (χ1) is 8.79. The fourth-order valence-corrected chi connectivity index (χ4v) is 5.15. The van der Waals surface area contributed by atoms with Crippen LogP contribution in [0.25, 0.3) is 0 Å². The Morgan fingerprint density at radius 2 is 1.89 bits per heavy atom. The molecule has 18 heavy (non-hydrogen) atoms. The molecule has 5 atom stereocenters. The molecule has 1 amide bonds. The molecule has 4 aliphatic rings. The van der Waals surface area contributed by atoms with Gasteiger partial charge in [0, 0.05) is 19.0 Å². The maximum Gasteiger partial charge on any atom is 0.226 e. The smallest absolute Gasteiger partial charge is 0.226 e. The second kappa shape index (κ2) is 3.73. The second-order valence-electron chi connectivity index (χ2n) is 6.77. The lowest BCUT2D eigenvalue weighted by atomic mass is 9.97. The Balaban J connectivity index is 1.44. The molecule has 4 rings (SSSR count). The lowest BCUT2D eigenvalue weighted by Crippen LogP contribution is -2.41. The highest BCUT2D eigenvalue weighted by Crippen LogP contribution is 2.69. The number of piperidine rings is 1. The van der Waals surface area contributed by atoms with Gasteiger partial charge in [0.2, 0.25) is 5.91 Å². The summed E-state index contributed by atoms with van der Waals surface area (Å²) in [7, 11) is 0. The predicted octanol–water partition coefficient (Wildman–Crippen LogP) is 2.04. The molecule has 0 radical (unpaired) electrons. The Kier molecular flexibility index (Phi) is 2.24. The van der Waals surface area contributed by atoms with E-state index in [0.717, 1.165) is 43.1 Å². The third kappa shape index (κ3) is 1.38. The summed E-state index contributed by atoms with van der Waals surface area (Å²) in [5.41, 5.74) is 0. The molecule has 96 valence electrons. The summed E-state index contributed by atoms with van der Waals surface area (Å²) in [4.78, 5) is 14.6. The van der Waals surface area contributed by atoms with E-state index in [9.17, 15) is 4.79 Å². The third-order valence-corrected chi connectivity index (χ3v) is 5.94. The van der Waals surface area contributed by atoms with E-state index in [4.69, 9.17) is 5.26 Å². The number of rotatable bonds is 1. The molecular formula is C15H20N2O. The Labute approximate surface area is 108 Å². The van der Waals surface area contributed by atoms with Crippen LogP contribution in [0.15, 0.2) is 0 Å². The molecule has 5 unspecified atom stereocenters. The number of amides is 1. The minimum absolute atomic E-state index is 0.0815. The van der Waals surface area contributed by atoms with Crippen LogP contribution in [0.2, 0.25) is 0 Å². The van der Waals surface area contributed by atoms with Gasteiger partial charge in [0.15, 0.2) is 0 Å². The second-order valence-corrected chi connectivity index (χ2v) is 6.77. The maximum atomic E-state index is 12.6. The fraction of sp³-hybridized carbons (Fsp3) is 0.867. The van der Waals surface area contributed by atoms with Crippen LogP contribution in [0, 0.1) is 46.8 Å². The van der Waals surface area contributed by atoms with E-state index in [1.54, 1.807) is 0 Å². The highest BCUT2D eigenvalue weighted by molar-refractivity contribution is 5.83. The summed E-state index contributed by atoms with van der Waals surface area (Å²) in [6, 6.07) is 2.33. The predicted molar refractivity (Wildman–Crippen MR) is 66.2 cm³/mol. The minimum atomic E-state index is 0.0815. The zero-order valence-corrected chi connectivity index (χ0v) is 10.7. The van der Waals surface area contributed by atoms with Gasteiger partial charge in [-0.25, -0.2) is 0 Å². The van der Waals surface area contributed by atoms with Gasteiger partial charge in [0.25, 0.3) is 0 Å². The summed E-state index contributed by atoms with van der Waals surface area (Å²) >= 11 is 0. The molecule has 1 saturated heterocycles. The van der Waals surface area contributed by atoms with Gasteiger partial charge in [0.1, 0.15) is 0 Å². The standard InChI is InChI=1S/C15H20N2O/c16-7-9-2-1-5-17(8-9)15(18)14-12-10-3-4-11(6-10)13(12)14/h9-14H,1-6,8H2. The Bertz CT molecular complexity index is 411. The SMILES string of the molecule is N#CC1CCCN(C(=O)C2C3C4CCC(C4)C23)C1. The number of nitriles is 1. The van der Waals surface area contributed by atoms with Crippen molar-refractivity contribution in [3.05, 3.63) is 0 Å². The van der Waals surface area contributed by atoms with E-state index in [0.29, 0.717) is 18.4 Å². The molecule has 3 nitrogen and oxygen atoms in total. The first-order valence-electron chi connectivity index (χ1n) is 7.48. The van der Waals surface area contributed by atoms with Crippen LogP contribution in [0.4, 0.5) is 0 Å². The molecule has 3 saturated carbocycles. The molecular weight excluding hydrogens is 224 g/mol. The van der Waals surface area contributed by atoms with Crippen molar-refractivity contribution in [3.8, 4) is 6.07 Å². The van der Waals surface area contributed by atoms with Crippen LogP contribution in [0.3, 0.4) is 0 Å². The molecule has 0 aromatic heterocycles. The summed E-state index contributed by atoms with van der Waals surface area (Å²) in [5, 5.41) is 9.01. The minimum Gasteiger partial charge on any atom is -0.341 e. The first kappa shape index (κ1) is 10.8. The monoisotopic (exact) mass is 244 g/mol. The van der Waals surface area contributed by atoms with E-state index in [1.165, 1.54) is 19.3 Å². The van der Waals surface area contributed by atoms with Gasteiger partial charge in [0.05, 0.1) is 12.0 Å². The molecule has 4 fully saturated rings. The quantitative estimate of drug-likeness (QED) is 0.708. The highest BCUT2D eigenvalue weighted by Gasteiger charge is 2.68. The summed E-state index contributed by atoms with van der Waals surface area (Å²) in [6.45, 7) is 1.59. The Morgan fingerprint density at radius 3 is 2.56 bits per heavy atom. The van der Waals surface area contributed by atoms with Crippen molar-refractivity contribution in [1.82, 2.24) is 4.90 Å². The van der Waals surface area contributed by atoms with Gasteiger partial charge in [-0.1, -0.05) is 0 Å². The van der Waals surface area contributed by atoms with Crippen molar-refractivity contribution in [3.63, 3.8) is 0 Å². The topological polar surface area (TPSA) is 44.1 Å². The van der Waals surface area contributed by atoms with Crippen LogP contribution in [0.5, 0.6) is 0 Å². The van der Waals surface area contributed by atoms with Crippen molar-refractivity contribution >= 4 is 5.91 Å². The van der Waals surface area contributed by atoms with Gasteiger partial charge >= 0.3 is 0 Å². The van der Waals surface area contributed by atoms with Gasteiger partial charge in [-0.3, -0.25) is 4.79 Å². The van der Waals surface area contributed by atoms with Crippen molar-refractivity contribution in [2.75, 3.05) is 13.1 Å². The number of likely N-dealkylation sites (tertiary alicyclic amines) is 1. The van der Waals surface area contributed by atoms with Gasteiger partial charge < -0.3 is 4.90 Å². The van der Waals surface area contributed by atoms with Gasteiger partial charge in [-0.05, 0) is 55.8 Å². The third-order valence-electron chi connectivity index (χ3n) is 5.94. The summed E-state index contributed by atoms with van der Waals surface area (Å²) < 4.78 is 0. The molecule has 1 heterocycles. The molecule has 0 aromatic rings. The molecule has 0 aromatic carbocycles. The van der Waals surface area contributed by atoms with E-state index in [-0.39, 0.29) is 5.92 Å². The van der Waals surface area contributed by atoms with Crippen LogP contribution in [0.1, 0.15) is 32.1 Å². The average molecular weight is 244 g/mol. The number of carbonyl (C=O) groups is 1. The van der Waals surface area contributed by atoms with Crippen molar-refractivity contribution in [2.24, 2.45) is 35.5 Å². The van der Waals surface area contributed by atoms with Gasteiger partial charge in [-0.15, -0.1) is 0 Å². The van der Waals surface area contributed by atoms with Crippen LogP contribution >= 0.6 is 0 Å². The van der Waals surface area contributed by atoms with Crippen molar-refractivity contribution in [2.45, 2.75) is 32.1 Å². The number of fused-ring (bicyclic) bond motifs is 5. The normalized spacial score (nSPS) is 48.7.